The maximum absolute atomic E-state index is 13.7. The third-order valence-electron chi connectivity index (χ3n) is 5.84. The van der Waals surface area contributed by atoms with Crippen LogP contribution in [0.3, 0.4) is 0 Å². The van der Waals surface area contributed by atoms with Crippen LogP contribution in [0.15, 0.2) is 97.1 Å². The number of rotatable bonds is 12. The van der Waals surface area contributed by atoms with E-state index < -0.39 is 38.0 Å². The fraction of sp³-hybridized carbons (Fsp3) is 0.345. The molecule has 198 valence electrons. The highest BCUT2D eigenvalue weighted by Crippen LogP contribution is 2.48. The lowest BCUT2D eigenvalue weighted by Gasteiger charge is -2.33. The van der Waals surface area contributed by atoms with Crippen molar-refractivity contribution in [1.82, 2.24) is 0 Å². The van der Waals surface area contributed by atoms with Crippen LogP contribution >= 0.6 is 7.60 Å². The molecule has 37 heavy (non-hydrogen) atoms. The second-order valence-electron chi connectivity index (χ2n) is 9.05. The fourth-order valence-electron chi connectivity index (χ4n) is 3.77. The van der Waals surface area contributed by atoms with Gasteiger partial charge in [0.05, 0.1) is 12.2 Å². The lowest BCUT2D eigenvalue weighted by molar-refractivity contribution is -0.151. The van der Waals surface area contributed by atoms with Gasteiger partial charge in [0.15, 0.2) is 6.16 Å². The van der Waals surface area contributed by atoms with Gasteiger partial charge in [-0.3, -0.25) is 4.79 Å². The van der Waals surface area contributed by atoms with Crippen molar-refractivity contribution < 1.29 is 33.0 Å². The zero-order valence-electron chi connectivity index (χ0n) is 21.4. The number of ether oxygens (including phenoxy) is 2. The van der Waals surface area contributed by atoms with E-state index in [1.807, 2.05) is 26.0 Å². The SMILES string of the molecule is C=CC[C@H]1C=C[C@H](OC(=O)CP(=O)(Oc2ccccc2)Oc2ccccc2)[C@H](/C(C)=C/[C@@H](C)[C@@H](C)O)O1. The van der Waals surface area contributed by atoms with Gasteiger partial charge < -0.3 is 23.6 Å². The predicted octanol–water partition coefficient (Wildman–Crippen LogP) is 6.11. The molecular formula is C29H35O7P. The quantitative estimate of drug-likeness (QED) is 0.203. The number of carbonyl (C=O) groups is 1. The minimum Gasteiger partial charge on any atom is -0.454 e. The summed E-state index contributed by atoms with van der Waals surface area (Å²) in [6, 6.07) is 17.1. The highest BCUT2D eigenvalue weighted by molar-refractivity contribution is 7.55. The topological polar surface area (TPSA) is 91.3 Å². The van der Waals surface area contributed by atoms with E-state index in [9.17, 15) is 14.5 Å². The Morgan fingerprint density at radius 1 is 1.05 bits per heavy atom. The Balaban J connectivity index is 1.80. The predicted molar refractivity (Wildman–Crippen MR) is 144 cm³/mol. The number of esters is 1. The summed E-state index contributed by atoms with van der Waals surface area (Å²) in [7, 11) is -3.99. The Hall–Kier alpha value is -3.12. The smallest absolute Gasteiger partial charge is 0.441 e. The van der Waals surface area contributed by atoms with Crippen LogP contribution in [-0.2, 0) is 18.8 Å². The van der Waals surface area contributed by atoms with Gasteiger partial charge >= 0.3 is 13.6 Å². The van der Waals surface area contributed by atoms with Crippen molar-refractivity contribution in [3.05, 3.63) is 97.1 Å². The average molecular weight is 527 g/mol. The molecule has 2 aromatic carbocycles. The van der Waals surface area contributed by atoms with Crippen molar-refractivity contribution in [1.29, 1.82) is 0 Å². The molecule has 1 aliphatic rings. The van der Waals surface area contributed by atoms with Crippen LogP contribution in [0.2, 0.25) is 0 Å². The summed E-state index contributed by atoms with van der Waals surface area (Å²) < 4.78 is 37.1. The van der Waals surface area contributed by atoms with Crippen LogP contribution in [0.25, 0.3) is 0 Å². The van der Waals surface area contributed by atoms with Crippen molar-refractivity contribution in [2.75, 3.05) is 6.16 Å². The number of aliphatic hydroxyl groups excluding tert-OH is 1. The molecule has 0 unspecified atom stereocenters. The van der Waals surface area contributed by atoms with Gasteiger partial charge in [0.1, 0.15) is 23.7 Å². The molecule has 0 aliphatic carbocycles. The average Bonchev–Trinajstić information content (AvgIpc) is 2.85. The molecule has 0 spiro atoms. The Labute approximate surface area is 218 Å². The van der Waals surface area contributed by atoms with Crippen LogP contribution in [0.4, 0.5) is 0 Å². The summed E-state index contributed by atoms with van der Waals surface area (Å²) in [5, 5.41) is 9.93. The molecule has 8 heteroatoms. The molecule has 0 radical (unpaired) electrons. The van der Waals surface area contributed by atoms with Gasteiger partial charge in [-0.25, -0.2) is 4.57 Å². The molecule has 5 atom stereocenters. The molecule has 0 saturated heterocycles. The summed E-state index contributed by atoms with van der Waals surface area (Å²) in [5.41, 5.74) is 0.814. The molecule has 1 aliphatic heterocycles. The molecular weight excluding hydrogens is 491 g/mol. The normalized spacial score (nSPS) is 21.5. The third kappa shape index (κ3) is 8.74. The van der Waals surface area contributed by atoms with Crippen molar-refractivity contribution in [3.8, 4) is 11.5 Å². The number of benzene rings is 2. The Morgan fingerprint density at radius 3 is 2.14 bits per heavy atom. The molecule has 0 bridgehead atoms. The van der Waals surface area contributed by atoms with E-state index in [-0.39, 0.29) is 12.0 Å². The van der Waals surface area contributed by atoms with Gasteiger partial charge in [-0.2, -0.15) is 0 Å². The molecule has 0 saturated carbocycles. The molecule has 3 rings (SSSR count). The number of para-hydroxylation sites is 2. The second-order valence-corrected chi connectivity index (χ2v) is 11.0. The number of carbonyl (C=O) groups excluding carboxylic acids is 1. The minimum atomic E-state index is -3.99. The number of hydrogen-bond acceptors (Lipinski definition) is 7. The Bertz CT molecular complexity index is 1080. The zero-order valence-corrected chi connectivity index (χ0v) is 22.3. The van der Waals surface area contributed by atoms with Crippen LogP contribution in [0.1, 0.15) is 27.2 Å². The third-order valence-corrected chi connectivity index (χ3v) is 7.46. The highest BCUT2D eigenvalue weighted by atomic mass is 31.2. The van der Waals surface area contributed by atoms with Gasteiger partial charge in [-0.1, -0.05) is 61.5 Å². The first kappa shape index (κ1) is 28.5. The van der Waals surface area contributed by atoms with Crippen LogP contribution in [0, 0.1) is 5.92 Å². The zero-order chi connectivity index (χ0) is 26.8. The molecule has 1 N–H and O–H groups in total. The van der Waals surface area contributed by atoms with Gasteiger partial charge in [0.2, 0.25) is 0 Å². The molecule has 0 aromatic heterocycles. The molecule has 1 heterocycles. The first-order chi connectivity index (χ1) is 17.7. The number of aliphatic hydroxyl groups is 1. The molecule has 7 nitrogen and oxygen atoms in total. The van der Waals surface area contributed by atoms with Crippen molar-refractivity contribution in [2.24, 2.45) is 5.92 Å². The second kappa shape index (κ2) is 13.4. The maximum atomic E-state index is 13.7. The molecule has 0 fully saturated rings. The van der Waals surface area contributed by atoms with Gasteiger partial charge in [0.25, 0.3) is 0 Å². The van der Waals surface area contributed by atoms with Gasteiger partial charge in [-0.05, 0) is 56.2 Å². The van der Waals surface area contributed by atoms with Crippen LogP contribution in [-0.4, -0.2) is 41.7 Å². The molecule has 0 amide bonds. The van der Waals surface area contributed by atoms with E-state index in [1.165, 1.54) is 0 Å². The van der Waals surface area contributed by atoms with E-state index in [2.05, 4.69) is 6.58 Å². The lowest BCUT2D eigenvalue weighted by atomic mass is 9.95. The van der Waals surface area contributed by atoms with Crippen molar-refractivity contribution in [3.63, 3.8) is 0 Å². The first-order valence-corrected chi connectivity index (χ1v) is 14.0. The first-order valence-electron chi connectivity index (χ1n) is 12.3. The lowest BCUT2D eigenvalue weighted by Crippen LogP contribution is -2.40. The summed E-state index contributed by atoms with van der Waals surface area (Å²) in [5.74, 6) is -0.252. The summed E-state index contributed by atoms with van der Waals surface area (Å²) in [6.45, 7) is 9.25. The van der Waals surface area contributed by atoms with E-state index in [4.69, 9.17) is 18.5 Å². The van der Waals surface area contributed by atoms with Gasteiger partial charge in [-0.15, -0.1) is 6.58 Å². The number of hydrogen-bond donors (Lipinski definition) is 1. The molecule has 2 aromatic rings. The van der Waals surface area contributed by atoms with Gasteiger partial charge in [0, 0.05) is 5.92 Å². The van der Waals surface area contributed by atoms with E-state index in [0.29, 0.717) is 17.9 Å². The largest absolute Gasteiger partial charge is 0.454 e. The Morgan fingerprint density at radius 2 is 1.62 bits per heavy atom. The standard InChI is InChI=1S/C29H35O7P/c1-5-12-24-17-18-27(29(33-24)22(3)19-21(2)23(4)30)34-28(31)20-37(32,35-25-13-8-6-9-14-25)36-26-15-10-7-11-16-26/h5-11,13-19,21,23-24,27,29-30H,1,12,20H2,2-4H3/b22-19+/t21-,23-,24+,27+,29+/m1/s1. The monoisotopic (exact) mass is 526 g/mol. The Kier molecular flexibility index (Phi) is 10.3. The van der Waals surface area contributed by atoms with E-state index in [0.717, 1.165) is 5.57 Å². The van der Waals surface area contributed by atoms with Crippen LogP contribution in [0.5, 0.6) is 11.5 Å². The van der Waals surface area contributed by atoms with E-state index in [1.54, 1.807) is 79.7 Å². The summed E-state index contributed by atoms with van der Waals surface area (Å²) in [4.78, 5) is 13.1. The maximum Gasteiger partial charge on any atom is 0.441 e. The van der Waals surface area contributed by atoms with Crippen molar-refractivity contribution >= 4 is 13.6 Å². The van der Waals surface area contributed by atoms with Crippen molar-refractivity contribution in [2.45, 2.75) is 51.6 Å². The minimum absolute atomic E-state index is 0.123. The summed E-state index contributed by atoms with van der Waals surface area (Å²) in [6.07, 6.45) is 5.14. The highest BCUT2D eigenvalue weighted by Gasteiger charge is 2.37. The fourth-order valence-corrected chi connectivity index (χ4v) is 5.22. The van der Waals surface area contributed by atoms with Crippen LogP contribution < -0.4 is 9.05 Å². The summed E-state index contributed by atoms with van der Waals surface area (Å²) >= 11 is 0. The van der Waals surface area contributed by atoms with E-state index >= 15 is 0 Å².